The summed E-state index contributed by atoms with van der Waals surface area (Å²) in [6, 6.07) is -0.545. The van der Waals surface area contributed by atoms with Crippen molar-refractivity contribution in [3.63, 3.8) is 0 Å². The van der Waals surface area contributed by atoms with E-state index in [9.17, 15) is 19.8 Å². The molecular formula is C66H125NO5. The molecule has 6 nitrogen and oxygen atoms in total. The van der Waals surface area contributed by atoms with Crippen molar-refractivity contribution in [2.24, 2.45) is 0 Å². The number of carbonyl (C=O) groups is 2. The van der Waals surface area contributed by atoms with Gasteiger partial charge in [-0.05, 0) is 83.5 Å². The molecule has 0 aromatic carbocycles. The summed E-state index contributed by atoms with van der Waals surface area (Å²) in [6.45, 7) is 4.95. The summed E-state index contributed by atoms with van der Waals surface area (Å²) in [5, 5.41) is 23.2. The summed E-state index contributed by atoms with van der Waals surface area (Å²) < 4.78 is 5.50. The van der Waals surface area contributed by atoms with E-state index in [4.69, 9.17) is 4.74 Å². The largest absolute Gasteiger partial charge is 0.466 e. The van der Waals surface area contributed by atoms with Crippen molar-refractivity contribution in [3.05, 3.63) is 36.5 Å². The molecule has 0 fully saturated rings. The first-order chi connectivity index (χ1) is 35.5. The zero-order valence-corrected chi connectivity index (χ0v) is 48.4. The predicted molar refractivity (Wildman–Crippen MR) is 315 cm³/mol. The van der Waals surface area contributed by atoms with Crippen molar-refractivity contribution < 1.29 is 24.5 Å². The van der Waals surface area contributed by atoms with Gasteiger partial charge in [0.15, 0.2) is 0 Å². The summed E-state index contributed by atoms with van der Waals surface area (Å²) in [5.74, 6) is -0.0329. The molecule has 0 bridgehead atoms. The van der Waals surface area contributed by atoms with Gasteiger partial charge in [0.25, 0.3) is 0 Å². The van der Waals surface area contributed by atoms with Crippen LogP contribution in [0.3, 0.4) is 0 Å². The van der Waals surface area contributed by atoms with Gasteiger partial charge in [0.05, 0.1) is 25.4 Å². The third kappa shape index (κ3) is 57.4. The molecule has 0 spiro atoms. The number of aliphatic hydroxyl groups is 2. The third-order valence-corrected chi connectivity index (χ3v) is 14.9. The molecule has 6 heteroatoms. The van der Waals surface area contributed by atoms with Crippen LogP contribution in [0.4, 0.5) is 0 Å². The maximum absolute atomic E-state index is 12.4. The highest BCUT2D eigenvalue weighted by atomic mass is 16.5. The van der Waals surface area contributed by atoms with Crippen molar-refractivity contribution in [2.75, 3.05) is 13.2 Å². The van der Waals surface area contributed by atoms with E-state index in [1.54, 1.807) is 0 Å². The van der Waals surface area contributed by atoms with E-state index in [0.29, 0.717) is 25.9 Å². The highest BCUT2D eigenvalue weighted by Crippen LogP contribution is 2.17. The van der Waals surface area contributed by atoms with Gasteiger partial charge in [0, 0.05) is 12.8 Å². The number of aliphatic hydroxyl groups excluding tert-OH is 2. The molecule has 0 aliphatic carbocycles. The van der Waals surface area contributed by atoms with Crippen molar-refractivity contribution >= 4 is 11.9 Å². The fourth-order valence-corrected chi connectivity index (χ4v) is 9.96. The van der Waals surface area contributed by atoms with Gasteiger partial charge in [0.2, 0.25) is 5.91 Å². The number of unbranched alkanes of at least 4 members (excludes halogenated alkanes) is 43. The Kier molecular flexibility index (Phi) is 60.0. The number of hydrogen-bond acceptors (Lipinski definition) is 5. The number of hydrogen-bond donors (Lipinski definition) is 3. The lowest BCUT2D eigenvalue weighted by atomic mass is 10.0. The molecular weight excluding hydrogens is 887 g/mol. The molecule has 0 aliphatic heterocycles. The van der Waals surface area contributed by atoms with Crippen LogP contribution in [0.1, 0.15) is 348 Å². The average molecular weight is 1010 g/mol. The van der Waals surface area contributed by atoms with Gasteiger partial charge in [-0.1, -0.05) is 288 Å². The number of rotatable bonds is 60. The molecule has 0 heterocycles. The van der Waals surface area contributed by atoms with Crippen molar-refractivity contribution in [3.8, 4) is 0 Å². The SMILES string of the molecule is CCCCCCCC/C=C\CCCCCCCCCCCC(=O)OCCCCCCCCCCC/C=C\C/C=C\CCCCCCCCCCCC(=O)NC(CO)C(O)CCCCCCCCCCCCC. The van der Waals surface area contributed by atoms with E-state index in [0.717, 1.165) is 51.4 Å². The number of ether oxygens (including phenoxy) is 1. The van der Waals surface area contributed by atoms with Crippen molar-refractivity contribution in [1.29, 1.82) is 0 Å². The Morgan fingerprint density at radius 2 is 0.694 bits per heavy atom. The van der Waals surface area contributed by atoms with E-state index in [2.05, 4.69) is 55.6 Å². The normalized spacial score (nSPS) is 12.8. The first-order valence-electron chi connectivity index (χ1n) is 32.2. The average Bonchev–Trinajstić information content (AvgIpc) is 3.38. The molecule has 424 valence electrons. The van der Waals surface area contributed by atoms with Crippen LogP contribution in [-0.2, 0) is 14.3 Å². The molecule has 0 rings (SSSR count). The first kappa shape index (κ1) is 70.1. The van der Waals surface area contributed by atoms with E-state index in [1.807, 2.05) is 0 Å². The minimum Gasteiger partial charge on any atom is -0.466 e. The van der Waals surface area contributed by atoms with Gasteiger partial charge in [-0.2, -0.15) is 0 Å². The van der Waals surface area contributed by atoms with E-state index < -0.39 is 12.1 Å². The Labute approximate surface area is 449 Å². The minimum absolute atomic E-state index is 0.00869. The second-order valence-corrected chi connectivity index (χ2v) is 22.1. The Morgan fingerprint density at radius 1 is 0.389 bits per heavy atom. The summed E-state index contributed by atoms with van der Waals surface area (Å²) in [5.41, 5.74) is 0. The molecule has 0 saturated carbocycles. The molecule has 2 atom stereocenters. The van der Waals surface area contributed by atoms with Gasteiger partial charge in [-0.3, -0.25) is 9.59 Å². The Morgan fingerprint density at radius 3 is 1.07 bits per heavy atom. The van der Waals surface area contributed by atoms with Crippen LogP contribution >= 0.6 is 0 Å². The molecule has 0 radical (unpaired) electrons. The summed E-state index contributed by atoms with van der Waals surface area (Å²) in [6.07, 6.45) is 77.4. The van der Waals surface area contributed by atoms with Crippen molar-refractivity contribution in [1.82, 2.24) is 5.32 Å². The highest BCUT2D eigenvalue weighted by Gasteiger charge is 2.20. The quantitative estimate of drug-likeness (QED) is 0.0320. The van der Waals surface area contributed by atoms with Crippen LogP contribution in [0.25, 0.3) is 0 Å². The number of nitrogens with one attached hydrogen (secondary N) is 1. The Balaban J connectivity index is 3.40. The Bertz CT molecular complexity index is 1170. The summed E-state index contributed by atoms with van der Waals surface area (Å²) >= 11 is 0. The zero-order chi connectivity index (χ0) is 52.2. The number of amides is 1. The second kappa shape index (κ2) is 61.6. The van der Waals surface area contributed by atoms with Crippen LogP contribution in [0.2, 0.25) is 0 Å². The van der Waals surface area contributed by atoms with Crippen LogP contribution in [-0.4, -0.2) is 47.4 Å². The summed E-state index contributed by atoms with van der Waals surface area (Å²) in [7, 11) is 0. The number of carbonyl (C=O) groups excluding carboxylic acids is 2. The standard InChI is InChI=1S/C66H125NO5/c1-3-5-7-9-11-13-15-16-17-18-26-30-33-36-40-44-48-52-56-60-66(71)72-61-57-53-49-45-41-37-34-31-28-25-23-21-19-20-22-24-27-29-32-35-39-43-47-51-55-59-65(70)67-63(62-68)64(69)58-54-50-46-42-38-14-12-10-8-6-4-2/h16-17,20-23,63-64,68-69H,3-15,18-19,24-62H2,1-2H3,(H,67,70)/b17-16-,22-20-,23-21-. The molecule has 0 aromatic rings. The van der Waals surface area contributed by atoms with Crippen molar-refractivity contribution in [2.45, 2.75) is 360 Å². The van der Waals surface area contributed by atoms with Gasteiger partial charge >= 0.3 is 5.97 Å². The third-order valence-electron chi connectivity index (χ3n) is 14.9. The Hall–Kier alpha value is -1.92. The molecule has 1 amide bonds. The second-order valence-electron chi connectivity index (χ2n) is 22.1. The molecule has 2 unspecified atom stereocenters. The molecule has 0 saturated heterocycles. The lowest BCUT2D eigenvalue weighted by Crippen LogP contribution is -2.45. The highest BCUT2D eigenvalue weighted by molar-refractivity contribution is 5.76. The minimum atomic E-state index is -0.667. The topological polar surface area (TPSA) is 95.9 Å². The van der Waals surface area contributed by atoms with Crippen LogP contribution in [0.15, 0.2) is 36.5 Å². The van der Waals surface area contributed by atoms with E-state index in [-0.39, 0.29) is 18.5 Å². The molecule has 3 N–H and O–H groups in total. The van der Waals surface area contributed by atoms with Gasteiger partial charge in [0.1, 0.15) is 0 Å². The maximum atomic E-state index is 12.4. The van der Waals surface area contributed by atoms with Gasteiger partial charge in [-0.25, -0.2) is 0 Å². The molecule has 0 aromatic heterocycles. The van der Waals surface area contributed by atoms with Crippen LogP contribution < -0.4 is 5.32 Å². The van der Waals surface area contributed by atoms with Crippen LogP contribution in [0, 0.1) is 0 Å². The summed E-state index contributed by atoms with van der Waals surface area (Å²) in [4.78, 5) is 24.5. The van der Waals surface area contributed by atoms with Crippen LogP contribution in [0.5, 0.6) is 0 Å². The molecule has 0 aliphatic rings. The van der Waals surface area contributed by atoms with Gasteiger partial charge < -0.3 is 20.3 Å². The predicted octanol–water partition coefficient (Wildman–Crippen LogP) is 20.4. The van der Waals surface area contributed by atoms with Gasteiger partial charge in [-0.15, -0.1) is 0 Å². The monoisotopic (exact) mass is 1010 g/mol. The number of esters is 1. The smallest absolute Gasteiger partial charge is 0.305 e. The fraction of sp³-hybridized carbons (Fsp3) is 0.879. The maximum Gasteiger partial charge on any atom is 0.305 e. The molecule has 72 heavy (non-hydrogen) atoms. The number of allylic oxidation sites excluding steroid dienone is 6. The lowest BCUT2D eigenvalue weighted by Gasteiger charge is -2.22. The zero-order valence-electron chi connectivity index (χ0n) is 48.4. The lowest BCUT2D eigenvalue weighted by molar-refractivity contribution is -0.143. The fourth-order valence-electron chi connectivity index (χ4n) is 9.96. The van der Waals surface area contributed by atoms with E-state index in [1.165, 1.54) is 263 Å². The first-order valence-corrected chi connectivity index (χ1v) is 32.2. The van der Waals surface area contributed by atoms with E-state index >= 15 is 0 Å².